The van der Waals surface area contributed by atoms with E-state index in [4.69, 9.17) is 11.2 Å². The van der Waals surface area contributed by atoms with Crippen LogP contribution in [0.25, 0.3) is 0 Å². The standard InChI is InChI=1S/C22H26N2O.2ClH/c1-2-13-23-14-16-24(17-15-23)18-19-25-22(20-9-5-3-6-10-20)21-11-7-4-8-12-21;;/h1,3-12,22H,13-19H2;2*1H. The number of terminal acetylenes is 1. The summed E-state index contributed by atoms with van der Waals surface area (Å²) in [6.45, 7) is 6.66. The van der Waals surface area contributed by atoms with Crippen molar-refractivity contribution in [2.45, 2.75) is 6.10 Å². The van der Waals surface area contributed by atoms with Gasteiger partial charge in [0.2, 0.25) is 0 Å². The first-order valence-corrected chi connectivity index (χ1v) is 8.96. The molecule has 0 aliphatic carbocycles. The van der Waals surface area contributed by atoms with E-state index in [0.717, 1.165) is 45.9 Å². The van der Waals surface area contributed by atoms with E-state index < -0.39 is 0 Å². The van der Waals surface area contributed by atoms with Gasteiger partial charge in [0.15, 0.2) is 0 Å². The number of hydrogen-bond donors (Lipinski definition) is 0. The zero-order valence-corrected chi connectivity index (χ0v) is 17.1. The van der Waals surface area contributed by atoms with Crippen LogP contribution in [0.5, 0.6) is 0 Å². The van der Waals surface area contributed by atoms with Crippen LogP contribution in [0.1, 0.15) is 17.2 Å². The molecule has 0 saturated carbocycles. The minimum absolute atomic E-state index is 0. The highest BCUT2D eigenvalue weighted by atomic mass is 35.5. The van der Waals surface area contributed by atoms with Crippen LogP contribution in [0.3, 0.4) is 0 Å². The van der Waals surface area contributed by atoms with Gasteiger partial charge in [-0.2, -0.15) is 0 Å². The van der Waals surface area contributed by atoms with Crippen LogP contribution in [-0.2, 0) is 4.74 Å². The van der Waals surface area contributed by atoms with Gasteiger partial charge in [-0.3, -0.25) is 9.80 Å². The van der Waals surface area contributed by atoms with Crippen molar-refractivity contribution in [3.8, 4) is 12.3 Å². The molecule has 1 heterocycles. The van der Waals surface area contributed by atoms with Crippen molar-refractivity contribution in [1.82, 2.24) is 9.80 Å². The lowest BCUT2D eigenvalue weighted by Gasteiger charge is -2.33. The van der Waals surface area contributed by atoms with Gasteiger partial charge >= 0.3 is 0 Å². The molecule has 1 aliphatic rings. The first-order valence-electron chi connectivity index (χ1n) is 8.96. The highest BCUT2D eigenvalue weighted by molar-refractivity contribution is 5.85. The molecule has 146 valence electrons. The maximum absolute atomic E-state index is 6.30. The van der Waals surface area contributed by atoms with E-state index >= 15 is 0 Å². The third kappa shape index (κ3) is 7.18. The van der Waals surface area contributed by atoms with Gasteiger partial charge in [-0.25, -0.2) is 0 Å². The second kappa shape index (κ2) is 12.8. The molecule has 0 aromatic heterocycles. The summed E-state index contributed by atoms with van der Waals surface area (Å²) in [7, 11) is 0. The molecule has 1 saturated heterocycles. The predicted octanol–water partition coefficient (Wildman–Crippen LogP) is 3.89. The number of ether oxygens (including phenoxy) is 1. The van der Waals surface area contributed by atoms with Crippen molar-refractivity contribution in [2.24, 2.45) is 0 Å². The quantitative estimate of drug-likeness (QED) is 0.648. The Morgan fingerprint density at radius 3 is 1.78 bits per heavy atom. The summed E-state index contributed by atoms with van der Waals surface area (Å²) in [5.74, 6) is 2.73. The van der Waals surface area contributed by atoms with Gasteiger partial charge in [0, 0.05) is 32.7 Å². The summed E-state index contributed by atoms with van der Waals surface area (Å²) in [5.41, 5.74) is 2.40. The number of benzene rings is 2. The van der Waals surface area contributed by atoms with E-state index in [0.29, 0.717) is 0 Å². The summed E-state index contributed by atoms with van der Waals surface area (Å²) in [5, 5.41) is 0. The van der Waals surface area contributed by atoms with E-state index in [1.165, 1.54) is 11.1 Å². The lowest BCUT2D eigenvalue weighted by atomic mass is 10.0. The monoisotopic (exact) mass is 406 g/mol. The molecule has 0 unspecified atom stereocenters. The minimum Gasteiger partial charge on any atom is -0.367 e. The van der Waals surface area contributed by atoms with Gasteiger partial charge < -0.3 is 4.74 Å². The van der Waals surface area contributed by atoms with Crippen LogP contribution >= 0.6 is 24.8 Å². The van der Waals surface area contributed by atoms with Crippen molar-refractivity contribution in [3.63, 3.8) is 0 Å². The van der Waals surface area contributed by atoms with Crippen LogP contribution in [0, 0.1) is 12.3 Å². The number of nitrogens with zero attached hydrogens (tertiary/aromatic N) is 2. The highest BCUT2D eigenvalue weighted by Crippen LogP contribution is 2.25. The molecule has 0 spiro atoms. The molecule has 2 aromatic rings. The zero-order valence-electron chi connectivity index (χ0n) is 15.5. The lowest BCUT2D eigenvalue weighted by molar-refractivity contribution is 0.0470. The van der Waals surface area contributed by atoms with Crippen LogP contribution in [-0.4, -0.2) is 55.7 Å². The van der Waals surface area contributed by atoms with E-state index in [1.54, 1.807) is 0 Å². The first kappa shape index (κ1) is 23.5. The molecule has 2 aromatic carbocycles. The fourth-order valence-electron chi connectivity index (χ4n) is 3.24. The fourth-order valence-corrected chi connectivity index (χ4v) is 3.24. The maximum Gasteiger partial charge on any atom is 0.108 e. The highest BCUT2D eigenvalue weighted by Gasteiger charge is 2.18. The topological polar surface area (TPSA) is 15.7 Å². The Kier molecular flexibility index (Phi) is 11.1. The maximum atomic E-state index is 6.30. The van der Waals surface area contributed by atoms with Gasteiger partial charge in [-0.05, 0) is 11.1 Å². The zero-order chi connectivity index (χ0) is 17.3. The SMILES string of the molecule is C#CCN1CCN(CCOC(c2ccccc2)c2ccccc2)CC1.Cl.Cl. The molecular formula is C22H28Cl2N2O. The molecule has 0 radical (unpaired) electrons. The van der Waals surface area contributed by atoms with E-state index in [2.05, 4.69) is 64.3 Å². The van der Waals surface area contributed by atoms with Crippen molar-refractivity contribution in [2.75, 3.05) is 45.9 Å². The van der Waals surface area contributed by atoms with Gasteiger partial charge in [0.1, 0.15) is 6.10 Å². The summed E-state index contributed by atoms with van der Waals surface area (Å²) in [6, 6.07) is 20.9. The molecule has 0 N–H and O–H groups in total. The van der Waals surface area contributed by atoms with Gasteiger partial charge in [-0.15, -0.1) is 31.2 Å². The molecule has 27 heavy (non-hydrogen) atoms. The fraction of sp³-hybridized carbons (Fsp3) is 0.364. The van der Waals surface area contributed by atoms with E-state index in [1.807, 2.05) is 12.1 Å². The Labute approximate surface area is 175 Å². The third-order valence-corrected chi connectivity index (χ3v) is 4.68. The average Bonchev–Trinajstić information content (AvgIpc) is 2.68. The second-order valence-electron chi connectivity index (χ2n) is 6.39. The summed E-state index contributed by atoms with van der Waals surface area (Å²) in [4.78, 5) is 4.79. The van der Waals surface area contributed by atoms with Crippen molar-refractivity contribution >= 4 is 24.8 Å². The first-order chi connectivity index (χ1) is 12.4. The van der Waals surface area contributed by atoms with Crippen LogP contribution in [0.2, 0.25) is 0 Å². The summed E-state index contributed by atoms with van der Waals surface area (Å²) < 4.78 is 6.30. The average molecular weight is 407 g/mol. The Balaban J connectivity index is 0.00000182. The van der Waals surface area contributed by atoms with Crippen LogP contribution in [0.15, 0.2) is 60.7 Å². The molecule has 1 fully saturated rings. The molecule has 3 rings (SSSR count). The van der Waals surface area contributed by atoms with E-state index in [-0.39, 0.29) is 30.9 Å². The largest absolute Gasteiger partial charge is 0.367 e. The van der Waals surface area contributed by atoms with Crippen LogP contribution < -0.4 is 0 Å². The van der Waals surface area contributed by atoms with Crippen LogP contribution in [0.4, 0.5) is 0 Å². The van der Waals surface area contributed by atoms with Gasteiger partial charge in [0.05, 0.1) is 13.2 Å². The molecule has 5 heteroatoms. The number of piperazine rings is 1. The van der Waals surface area contributed by atoms with Crippen molar-refractivity contribution < 1.29 is 4.74 Å². The summed E-state index contributed by atoms with van der Waals surface area (Å²) in [6.07, 6.45) is 5.38. The van der Waals surface area contributed by atoms with Gasteiger partial charge in [0.25, 0.3) is 0 Å². The Hall–Kier alpha value is -1.54. The molecule has 0 atom stereocenters. The Bertz CT molecular complexity index is 628. The molecule has 0 bridgehead atoms. The third-order valence-electron chi connectivity index (χ3n) is 4.68. The number of halogens is 2. The Morgan fingerprint density at radius 1 is 0.815 bits per heavy atom. The van der Waals surface area contributed by atoms with E-state index in [9.17, 15) is 0 Å². The van der Waals surface area contributed by atoms with Crippen molar-refractivity contribution in [3.05, 3.63) is 71.8 Å². The molecular weight excluding hydrogens is 379 g/mol. The van der Waals surface area contributed by atoms with Crippen molar-refractivity contribution in [1.29, 1.82) is 0 Å². The summed E-state index contributed by atoms with van der Waals surface area (Å²) >= 11 is 0. The Morgan fingerprint density at radius 2 is 1.30 bits per heavy atom. The number of rotatable bonds is 7. The smallest absolute Gasteiger partial charge is 0.108 e. The normalized spacial score (nSPS) is 14.8. The molecule has 0 amide bonds. The lowest BCUT2D eigenvalue weighted by Crippen LogP contribution is -2.47. The van der Waals surface area contributed by atoms with Gasteiger partial charge in [-0.1, -0.05) is 66.6 Å². The number of hydrogen-bond acceptors (Lipinski definition) is 3. The minimum atomic E-state index is -0.00914. The predicted molar refractivity (Wildman–Crippen MR) is 117 cm³/mol. The second-order valence-corrected chi connectivity index (χ2v) is 6.39. The molecule has 1 aliphatic heterocycles. The molecule has 3 nitrogen and oxygen atoms in total.